The van der Waals surface area contributed by atoms with E-state index in [1.807, 2.05) is 37.6 Å². The van der Waals surface area contributed by atoms with E-state index in [-0.39, 0.29) is 0 Å². The average molecular weight is 327 g/mol. The van der Waals surface area contributed by atoms with Crippen LogP contribution in [0, 0.1) is 20.8 Å². The highest BCUT2D eigenvalue weighted by atomic mass is 16.5. The fraction of sp³-hybridized carbons (Fsp3) is 0.438. The molecule has 2 heterocycles. The van der Waals surface area contributed by atoms with Gasteiger partial charge in [0.1, 0.15) is 17.9 Å². The zero-order valence-electron chi connectivity index (χ0n) is 14.4. The Balaban J connectivity index is 1.64. The van der Waals surface area contributed by atoms with Crippen LogP contribution in [0.4, 0.5) is 0 Å². The monoisotopic (exact) mass is 327 g/mol. The molecule has 0 aliphatic rings. The summed E-state index contributed by atoms with van der Waals surface area (Å²) in [7, 11) is 1.75. The van der Waals surface area contributed by atoms with E-state index in [1.54, 1.807) is 13.4 Å². The van der Waals surface area contributed by atoms with E-state index in [4.69, 9.17) is 4.74 Å². The summed E-state index contributed by atoms with van der Waals surface area (Å²) in [5, 5.41) is 16.3. The van der Waals surface area contributed by atoms with Crippen LogP contribution in [0.1, 0.15) is 23.4 Å². The van der Waals surface area contributed by atoms with E-state index >= 15 is 0 Å². The van der Waals surface area contributed by atoms with Crippen LogP contribution in [-0.4, -0.2) is 41.6 Å². The van der Waals surface area contributed by atoms with Crippen LogP contribution in [0.2, 0.25) is 0 Å². The van der Waals surface area contributed by atoms with Crippen LogP contribution >= 0.6 is 0 Å². The number of nitrogens with zero attached hydrogens (tertiary/aromatic N) is 7. The molecule has 8 heteroatoms. The summed E-state index contributed by atoms with van der Waals surface area (Å²) in [6.45, 7) is 7.43. The number of hydrogen-bond acceptors (Lipinski definition) is 6. The predicted molar refractivity (Wildman–Crippen MR) is 88.6 cm³/mol. The summed E-state index contributed by atoms with van der Waals surface area (Å²) >= 11 is 0. The van der Waals surface area contributed by atoms with Gasteiger partial charge in [0.2, 0.25) is 5.82 Å². The van der Waals surface area contributed by atoms with Crippen molar-refractivity contribution in [3.63, 3.8) is 0 Å². The van der Waals surface area contributed by atoms with E-state index < -0.39 is 0 Å². The third-order valence-electron chi connectivity index (χ3n) is 3.80. The van der Waals surface area contributed by atoms with Crippen molar-refractivity contribution in [1.29, 1.82) is 0 Å². The number of benzene rings is 1. The van der Waals surface area contributed by atoms with Gasteiger partial charge in [-0.15, -0.1) is 10.2 Å². The Morgan fingerprint density at radius 1 is 1.12 bits per heavy atom. The maximum absolute atomic E-state index is 5.98. The van der Waals surface area contributed by atoms with Crippen molar-refractivity contribution in [3.05, 3.63) is 35.4 Å². The lowest BCUT2D eigenvalue weighted by Gasteiger charge is -2.13. The molecule has 0 radical (unpaired) electrons. The molecule has 0 saturated heterocycles. The first kappa shape index (κ1) is 16.1. The lowest BCUT2D eigenvalue weighted by molar-refractivity contribution is 0.294. The molecule has 126 valence electrons. The van der Waals surface area contributed by atoms with Crippen molar-refractivity contribution >= 4 is 0 Å². The summed E-state index contributed by atoms with van der Waals surface area (Å²) in [5.74, 6) is 2.46. The Labute approximate surface area is 140 Å². The smallest absolute Gasteiger partial charge is 0.204 e. The van der Waals surface area contributed by atoms with Crippen molar-refractivity contribution in [2.24, 2.45) is 7.05 Å². The fourth-order valence-corrected chi connectivity index (χ4v) is 2.64. The lowest BCUT2D eigenvalue weighted by atomic mass is 10.1. The van der Waals surface area contributed by atoms with Gasteiger partial charge in [0.05, 0.1) is 13.7 Å². The standard InChI is InChI=1S/C16H21N7O/c1-11-8-14(16-19-21-22(4)20-16)9-12(2)15(11)24-7-5-6-23-13(3)17-10-18-23/h8-10H,5-7H2,1-4H3. The van der Waals surface area contributed by atoms with Gasteiger partial charge in [-0.2, -0.15) is 9.90 Å². The van der Waals surface area contributed by atoms with Crippen molar-refractivity contribution in [1.82, 2.24) is 35.0 Å². The molecular weight excluding hydrogens is 306 g/mol. The third-order valence-corrected chi connectivity index (χ3v) is 3.80. The van der Waals surface area contributed by atoms with Gasteiger partial charge >= 0.3 is 0 Å². The van der Waals surface area contributed by atoms with Crippen LogP contribution in [0.5, 0.6) is 5.75 Å². The second kappa shape index (κ2) is 6.77. The van der Waals surface area contributed by atoms with E-state index in [2.05, 4.69) is 25.5 Å². The molecule has 0 spiro atoms. The van der Waals surface area contributed by atoms with Crippen LogP contribution in [0.3, 0.4) is 0 Å². The highest BCUT2D eigenvalue weighted by Gasteiger charge is 2.11. The number of aryl methyl sites for hydroxylation is 5. The summed E-state index contributed by atoms with van der Waals surface area (Å²) in [4.78, 5) is 5.57. The molecule has 0 aliphatic heterocycles. The van der Waals surface area contributed by atoms with Crippen molar-refractivity contribution in [2.45, 2.75) is 33.7 Å². The minimum absolute atomic E-state index is 0.622. The van der Waals surface area contributed by atoms with Gasteiger partial charge in [0.25, 0.3) is 0 Å². The summed E-state index contributed by atoms with van der Waals surface area (Å²) in [5.41, 5.74) is 3.08. The number of ether oxygens (including phenoxy) is 1. The van der Waals surface area contributed by atoms with Crippen LogP contribution in [-0.2, 0) is 13.6 Å². The second-order valence-corrected chi connectivity index (χ2v) is 5.77. The molecule has 24 heavy (non-hydrogen) atoms. The molecule has 8 nitrogen and oxygen atoms in total. The Kier molecular flexibility index (Phi) is 4.54. The number of aromatic nitrogens is 7. The van der Waals surface area contributed by atoms with E-state index in [0.717, 1.165) is 41.2 Å². The molecule has 0 amide bonds. The summed E-state index contributed by atoms with van der Waals surface area (Å²) in [6, 6.07) is 4.06. The van der Waals surface area contributed by atoms with Gasteiger partial charge in [-0.1, -0.05) is 0 Å². The first-order valence-electron chi connectivity index (χ1n) is 7.87. The van der Waals surface area contributed by atoms with Crippen LogP contribution in [0.25, 0.3) is 11.4 Å². The highest BCUT2D eigenvalue weighted by Crippen LogP contribution is 2.28. The minimum atomic E-state index is 0.622. The first-order chi connectivity index (χ1) is 11.5. The predicted octanol–water partition coefficient (Wildman–Crippen LogP) is 1.86. The molecule has 3 rings (SSSR count). The van der Waals surface area contributed by atoms with Crippen molar-refractivity contribution < 1.29 is 4.74 Å². The normalized spacial score (nSPS) is 11.0. The summed E-state index contributed by atoms with van der Waals surface area (Å²) in [6.07, 6.45) is 2.44. The topological polar surface area (TPSA) is 83.5 Å². The molecule has 0 bridgehead atoms. The van der Waals surface area contributed by atoms with E-state index in [9.17, 15) is 0 Å². The van der Waals surface area contributed by atoms with Crippen molar-refractivity contribution in [3.8, 4) is 17.1 Å². The fourth-order valence-electron chi connectivity index (χ4n) is 2.64. The van der Waals surface area contributed by atoms with Gasteiger partial charge in [0, 0.05) is 18.5 Å². The average Bonchev–Trinajstić information content (AvgIpc) is 3.14. The molecule has 2 aromatic heterocycles. The molecule has 0 aliphatic carbocycles. The Morgan fingerprint density at radius 2 is 1.88 bits per heavy atom. The third kappa shape index (κ3) is 3.42. The largest absolute Gasteiger partial charge is 0.493 e. The van der Waals surface area contributed by atoms with E-state index in [1.165, 1.54) is 4.80 Å². The molecule has 1 aromatic carbocycles. The maximum Gasteiger partial charge on any atom is 0.204 e. The Morgan fingerprint density at radius 3 is 2.46 bits per heavy atom. The molecular formula is C16H21N7O. The maximum atomic E-state index is 5.98. The summed E-state index contributed by atoms with van der Waals surface area (Å²) < 4.78 is 7.86. The van der Waals surface area contributed by atoms with Crippen LogP contribution in [0.15, 0.2) is 18.5 Å². The lowest BCUT2D eigenvalue weighted by Crippen LogP contribution is -2.08. The number of tetrazole rings is 1. The molecule has 3 aromatic rings. The molecule has 0 unspecified atom stereocenters. The Bertz CT molecular complexity index is 814. The van der Waals surface area contributed by atoms with Gasteiger partial charge in [-0.3, -0.25) is 4.68 Å². The van der Waals surface area contributed by atoms with E-state index in [0.29, 0.717) is 12.4 Å². The number of hydrogen-bond donors (Lipinski definition) is 0. The molecule has 0 fully saturated rings. The number of rotatable bonds is 6. The quantitative estimate of drug-likeness (QED) is 0.643. The zero-order chi connectivity index (χ0) is 17.1. The zero-order valence-corrected chi connectivity index (χ0v) is 14.4. The molecule has 0 N–H and O–H groups in total. The first-order valence-corrected chi connectivity index (χ1v) is 7.87. The van der Waals surface area contributed by atoms with Gasteiger partial charge in [0.15, 0.2) is 0 Å². The van der Waals surface area contributed by atoms with Gasteiger partial charge < -0.3 is 4.74 Å². The Hall–Kier alpha value is -2.77. The molecule has 0 saturated carbocycles. The van der Waals surface area contributed by atoms with Gasteiger partial charge in [-0.05, 0) is 49.2 Å². The van der Waals surface area contributed by atoms with Crippen molar-refractivity contribution in [2.75, 3.05) is 6.61 Å². The molecule has 0 atom stereocenters. The van der Waals surface area contributed by atoms with Crippen LogP contribution < -0.4 is 4.74 Å². The highest BCUT2D eigenvalue weighted by molar-refractivity contribution is 5.60. The van der Waals surface area contributed by atoms with Gasteiger partial charge in [-0.25, -0.2) is 4.98 Å². The minimum Gasteiger partial charge on any atom is -0.493 e. The second-order valence-electron chi connectivity index (χ2n) is 5.77. The SMILES string of the molecule is Cc1cc(-c2nnn(C)n2)cc(C)c1OCCCn1ncnc1C.